The van der Waals surface area contributed by atoms with Crippen molar-refractivity contribution in [2.45, 2.75) is 18.9 Å². The highest BCUT2D eigenvalue weighted by molar-refractivity contribution is 5.48. The maximum absolute atomic E-state index is 5.83. The fourth-order valence-electron chi connectivity index (χ4n) is 2.16. The van der Waals surface area contributed by atoms with Crippen LogP contribution in [0.4, 0.5) is 0 Å². The molecule has 0 fully saturated rings. The number of aryl methyl sites for hydroxylation is 1. The van der Waals surface area contributed by atoms with Crippen molar-refractivity contribution in [1.29, 1.82) is 0 Å². The summed E-state index contributed by atoms with van der Waals surface area (Å²) in [4.78, 5) is 0. The number of allylic oxidation sites excluding steroid dienone is 2. The third-order valence-corrected chi connectivity index (χ3v) is 2.87. The molecule has 0 bridgehead atoms. The van der Waals surface area contributed by atoms with Crippen LogP contribution in [0, 0.1) is 6.92 Å². The van der Waals surface area contributed by atoms with Crippen molar-refractivity contribution in [3.05, 3.63) is 53.6 Å². The van der Waals surface area contributed by atoms with Crippen molar-refractivity contribution in [1.82, 2.24) is 0 Å². The van der Waals surface area contributed by atoms with Crippen LogP contribution >= 0.6 is 0 Å². The monoisotopic (exact) mass is 184 g/mol. The van der Waals surface area contributed by atoms with Gasteiger partial charge >= 0.3 is 0 Å². The number of rotatable bonds is 0. The molecular formula is C13H12O. The molecular weight excluding hydrogens is 172 g/mol. The highest BCUT2D eigenvalue weighted by atomic mass is 16.5. The van der Waals surface area contributed by atoms with Crippen LogP contribution in [0.3, 0.4) is 0 Å². The highest BCUT2D eigenvalue weighted by Gasteiger charge is 2.31. The summed E-state index contributed by atoms with van der Waals surface area (Å²) in [5.74, 6) is 1.47. The minimum atomic E-state index is 0.219. The molecule has 1 aromatic carbocycles. The molecule has 1 heterocycles. The Hall–Kier alpha value is -1.50. The molecule has 1 heteroatoms. The molecule has 70 valence electrons. The minimum absolute atomic E-state index is 0.219. The lowest BCUT2D eigenvalue weighted by molar-refractivity contribution is 0.269. The van der Waals surface area contributed by atoms with Gasteiger partial charge in [0.1, 0.15) is 11.9 Å². The number of hydrogen-bond donors (Lipinski definition) is 0. The Morgan fingerprint density at radius 2 is 2.00 bits per heavy atom. The SMILES string of the molecule is Cc1ccc2c(c1)C1C=CC=CC1O2. The maximum atomic E-state index is 5.83. The maximum Gasteiger partial charge on any atom is 0.128 e. The van der Waals surface area contributed by atoms with Crippen LogP contribution in [0.25, 0.3) is 0 Å². The zero-order valence-electron chi connectivity index (χ0n) is 8.10. The van der Waals surface area contributed by atoms with Crippen LogP contribution in [0.5, 0.6) is 5.75 Å². The van der Waals surface area contributed by atoms with Gasteiger partial charge in [-0.05, 0) is 19.1 Å². The lowest BCUT2D eigenvalue weighted by atomic mass is 9.91. The van der Waals surface area contributed by atoms with E-state index in [0.29, 0.717) is 5.92 Å². The van der Waals surface area contributed by atoms with Gasteiger partial charge in [0.2, 0.25) is 0 Å². The second-order valence-corrected chi connectivity index (χ2v) is 3.92. The first-order valence-electron chi connectivity index (χ1n) is 4.97. The summed E-state index contributed by atoms with van der Waals surface area (Å²) in [5, 5.41) is 0. The van der Waals surface area contributed by atoms with Crippen LogP contribution < -0.4 is 4.74 Å². The molecule has 1 nitrogen and oxygen atoms in total. The van der Waals surface area contributed by atoms with E-state index in [0.717, 1.165) is 5.75 Å². The van der Waals surface area contributed by atoms with Gasteiger partial charge in [-0.25, -0.2) is 0 Å². The summed E-state index contributed by atoms with van der Waals surface area (Å²) < 4.78 is 5.83. The predicted molar refractivity (Wildman–Crippen MR) is 56.6 cm³/mol. The number of fused-ring (bicyclic) bond motifs is 3. The Morgan fingerprint density at radius 3 is 2.93 bits per heavy atom. The summed E-state index contributed by atoms with van der Waals surface area (Å²) in [6, 6.07) is 6.40. The van der Waals surface area contributed by atoms with Gasteiger partial charge in [-0.1, -0.05) is 35.9 Å². The molecule has 0 amide bonds. The van der Waals surface area contributed by atoms with Gasteiger partial charge in [-0.2, -0.15) is 0 Å². The number of hydrogen-bond acceptors (Lipinski definition) is 1. The topological polar surface area (TPSA) is 9.23 Å². The fourth-order valence-corrected chi connectivity index (χ4v) is 2.16. The molecule has 0 radical (unpaired) electrons. The lowest BCUT2D eigenvalue weighted by Gasteiger charge is -2.13. The van der Waals surface area contributed by atoms with Gasteiger partial charge in [-0.3, -0.25) is 0 Å². The quantitative estimate of drug-likeness (QED) is 0.602. The molecule has 1 aliphatic carbocycles. The first-order chi connectivity index (χ1) is 6.84. The Balaban J connectivity index is 2.12. The normalized spacial score (nSPS) is 26.9. The summed E-state index contributed by atoms with van der Waals surface area (Å²) >= 11 is 0. The van der Waals surface area contributed by atoms with Crippen molar-refractivity contribution < 1.29 is 4.74 Å². The summed E-state index contributed by atoms with van der Waals surface area (Å²) in [6.45, 7) is 2.12. The smallest absolute Gasteiger partial charge is 0.128 e. The van der Waals surface area contributed by atoms with E-state index in [1.54, 1.807) is 0 Å². The Bertz CT molecular complexity index is 429. The van der Waals surface area contributed by atoms with E-state index in [9.17, 15) is 0 Å². The standard InChI is InChI=1S/C13H12O/c1-9-6-7-13-11(8-9)10-4-2-3-5-12(10)14-13/h2-8,10,12H,1H3. The van der Waals surface area contributed by atoms with Crippen LogP contribution in [0.1, 0.15) is 17.0 Å². The van der Waals surface area contributed by atoms with E-state index >= 15 is 0 Å². The zero-order chi connectivity index (χ0) is 9.54. The molecule has 3 rings (SSSR count). The van der Waals surface area contributed by atoms with E-state index in [1.807, 2.05) is 0 Å². The van der Waals surface area contributed by atoms with Gasteiger partial charge in [0.25, 0.3) is 0 Å². The van der Waals surface area contributed by atoms with Gasteiger partial charge in [0.15, 0.2) is 0 Å². The second kappa shape index (κ2) is 2.74. The molecule has 0 spiro atoms. The molecule has 2 atom stereocenters. The van der Waals surface area contributed by atoms with Crippen LogP contribution in [-0.2, 0) is 0 Å². The summed E-state index contributed by atoms with van der Waals surface area (Å²) in [7, 11) is 0. The van der Waals surface area contributed by atoms with Gasteiger partial charge in [-0.15, -0.1) is 0 Å². The average Bonchev–Trinajstić information content (AvgIpc) is 2.56. The Labute approximate surface area is 83.7 Å². The van der Waals surface area contributed by atoms with E-state index in [1.165, 1.54) is 11.1 Å². The average molecular weight is 184 g/mol. The third-order valence-electron chi connectivity index (χ3n) is 2.87. The summed E-state index contributed by atoms with van der Waals surface area (Å²) in [6.07, 6.45) is 8.72. The lowest BCUT2D eigenvalue weighted by Crippen LogP contribution is -2.15. The van der Waals surface area contributed by atoms with Gasteiger partial charge in [0, 0.05) is 11.5 Å². The number of ether oxygens (including phenoxy) is 1. The molecule has 14 heavy (non-hydrogen) atoms. The summed E-state index contributed by atoms with van der Waals surface area (Å²) in [5.41, 5.74) is 2.63. The van der Waals surface area contributed by atoms with Crippen molar-refractivity contribution >= 4 is 0 Å². The molecule has 0 saturated carbocycles. The fraction of sp³-hybridized carbons (Fsp3) is 0.231. The van der Waals surface area contributed by atoms with Gasteiger partial charge < -0.3 is 4.74 Å². The first kappa shape index (κ1) is 7.86. The highest BCUT2D eigenvalue weighted by Crippen LogP contribution is 2.41. The molecule has 0 saturated heterocycles. The minimum Gasteiger partial charge on any atom is -0.485 e. The predicted octanol–water partition coefficient (Wildman–Crippen LogP) is 2.97. The van der Waals surface area contributed by atoms with E-state index in [-0.39, 0.29) is 6.10 Å². The van der Waals surface area contributed by atoms with E-state index < -0.39 is 0 Å². The zero-order valence-corrected chi connectivity index (χ0v) is 8.10. The molecule has 2 unspecified atom stereocenters. The third kappa shape index (κ3) is 1.02. The Morgan fingerprint density at radius 1 is 1.14 bits per heavy atom. The van der Waals surface area contributed by atoms with Crippen LogP contribution in [0.15, 0.2) is 42.5 Å². The Kier molecular flexibility index (Phi) is 1.54. The van der Waals surface area contributed by atoms with Crippen molar-refractivity contribution in [3.8, 4) is 5.75 Å². The van der Waals surface area contributed by atoms with E-state index in [2.05, 4.69) is 49.4 Å². The number of benzene rings is 1. The van der Waals surface area contributed by atoms with Crippen LogP contribution in [0.2, 0.25) is 0 Å². The van der Waals surface area contributed by atoms with Gasteiger partial charge in [0.05, 0.1) is 0 Å². The van der Waals surface area contributed by atoms with E-state index in [4.69, 9.17) is 4.74 Å². The molecule has 0 aromatic heterocycles. The molecule has 0 N–H and O–H groups in total. The molecule has 2 aliphatic rings. The largest absolute Gasteiger partial charge is 0.485 e. The van der Waals surface area contributed by atoms with Crippen molar-refractivity contribution in [2.24, 2.45) is 0 Å². The second-order valence-electron chi connectivity index (χ2n) is 3.92. The first-order valence-corrected chi connectivity index (χ1v) is 4.97. The van der Waals surface area contributed by atoms with Crippen molar-refractivity contribution in [2.75, 3.05) is 0 Å². The molecule has 1 aromatic rings. The molecule has 1 aliphatic heterocycles. The van der Waals surface area contributed by atoms with Crippen LogP contribution in [-0.4, -0.2) is 6.10 Å². The van der Waals surface area contributed by atoms with Crippen molar-refractivity contribution in [3.63, 3.8) is 0 Å².